The Morgan fingerprint density at radius 3 is 2.70 bits per heavy atom. The number of rotatable bonds is 7. The highest BCUT2D eigenvalue weighted by Crippen LogP contribution is 2.58. The fourth-order valence-corrected chi connectivity index (χ4v) is 5.73. The van der Waals surface area contributed by atoms with Crippen molar-refractivity contribution in [3.8, 4) is 0 Å². The summed E-state index contributed by atoms with van der Waals surface area (Å²) in [5.41, 5.74) is -1.92. The fraction of sp³-hybridized carbons (Fsp3) is 0.609. The summed E-state index contributed by atoms with van der Waals surface area (Å²) in [5.74, 6) is -2.98. The molecule has 1 fully saturated rings. The van der Waals surface area contributed by atoms with Crippen LogP contribution in [0.1, 0.15) is 63.5 Å². The van der Waals surface area contributed by atoms with Crippen LogP contribution in [-0.4, -0.2) is 36.8 Å². The van der Waals surface area contributed by atoms with E-state index in [1.807, 2.05) is 6.92 Å². The van der Waals surface area contributed by atoms with Crippen LogP contribution in [0.2, 0.25) is 5.02 Å². The zero-order valence-corrected chi connectivity index (χ0v) is 20.7. The van der Waals surface area contributed by atoms with Crippen LogP contribution in [0.5, 0.6) is 0 Å². The molecular formula is C23H29ClF3N3O2S. The predicted octanol–water partition coefficient (Wildman–Crippen LogP) is 6.17. The molecule has 0 radical (unpaired) electrons. The van der Waals surface area contributed by atoms with Gasteiger partial charge in [0.2, 0.25) is 0 Å². The Balaban J connectivity index is 2.02. The summed E-state index contributed by atoms with van der Waals surface area (Å²) in [6.07, 6.45) is -1.68. The molecule has 1 N–H and O–H groups in total. The van der Waals surface area contributed by atoms with E-state index >= 15 is 0 Å². The largest absolute Gasteiger partial charge is 0.396 e. The highest BCUT2D eigenvalue weighted by atomic mass is 35.5. The van der Waals surface area contributed by atoms with E-state index in [2.05, 4.69) is 10.1 Å². The van der Waals surface area contributed by atoms with Gasteiger partial charge < -0.3 is 5.11 Å². The number of thioether (sulfide) groups is 1. The Labute approximate surface area is 201 Å². The number of aliphatic hydroxyl groups is 1. The lowest BCUT2D eigenvalue weighted by atomic mass is 9.68. The summed E-state index contributed by atoms with van der Waals surface area (Å²) in [5, 5.41) is 16.6. The molecule has 1 aromatic heterocycles. The van der Waals surface area contributed by atoms with E-state index in [1.54, 1.807) is 20.8 Å². The van der Waals surface area contributed by atoms with Crippen molar-refractivity contribution in [2.24, 2.45) is 11.3 Å². The quantitative estimate of drug-likeness (QED) is 0.457. The van der Waals surface area contributed by atoms with Crippen LogP contribution in [-0.2, 0) is 11.3 Å². The number of halogens is 4. The maximum atomic E-state index is 14.5. The fourth-order valence-electron chi connectivity index (χ4n) is 4.78. The van der Waals surface area contributed by atoms with Gasteiger partial charge in [-0.1, -0.05) is 44.5 Å². The number of benzene rings is 1. The first kappa shape index (κ1) is 26.0. The molecule has 5 nitrogen and oxygen atoms in total. The van der Waals surface area contributed by atoms with Crippen LogP contribution in [0.15, 0.2) is 29.7 Å². The Hall–Kier alpha value is -1.58. The van der Waals surface area contributed by atoms with Crippen molar-refractivity contribution in [1.82, 2.24) is 14.8 Å². The minimum Gasteiger partial charge on any atom is -0.387 e. The molecule has 10 heteroatoms. The average Bonchev–Trinajstić information content (AvgIpc) is 3.21. The van der Waals surface area contributed by atoms with Crippen LogP contribution in [0, 0.1) is 18.3 Å². The number of hydrogen-bond donors (Lipinski definition) is 1. The molecule has 1 heterocycles. The van der Waals surface area contributed by atoms with E-state index in [9.17, 15) is 23.1 Å². The number of hydrogen-bond acceptors (Lipinski definition) is 5. The molecule has 1 aliphatic rings. The molecule has 0 amide bonds. The van der Waals surface area contributed by atoms with Gasteiger partial charge >= 0.3 is 6.18 Å². The summed E-state index contributed by atoms with van der Waals surface area (Å²) in [6.45, 7) is 6.91. The zero-order valence-electron chi connectivity index (χ0n) is 19.1. The van der Waals surface area contributed by atoms with Crippen molar-refractivity contribution < 1.29 is 23.1 Å². The van der Waals surface area contributed by atoms with E-state index in [1.165, 1.54) is 29.2 Å². The lowest BCUT2D eigenvalue weighted by Gasteiger charge is -2.44. The topological polar surface area (TPSA) is 68.0 Å². The molecular weight excluding hydrogens is 475 g/mol. The van der Waals surface area contributed by atoms with Crippen LogP contribution >= 0.6 is 23.4 Å². The van der Waals surface area contributed by atoms with Gasteiger partial charge in [-0.15, -0.1) is 0 Å². The Morgan fingerprint density at radius 1 is 1.39 bits per heavy atom. The lowest BCUT2D eigenvalue weighted by Crippen LogP contribution is -2.52. The van der Waals surface area contributed by atoms with Crippen LogP contribution in [0.3, 0.4) is 0 Å². The number of carbonyl (C=O) groups excluding carboxylic acids is 1. The van der Waals surface area contributed by atoms with Crippen molar-refractivity contribution >= 4 is 28.5 Å². The summed E-state index contributed by atoms with van der Waals surface area (Å²) in [4.78, 5) is 16.2. The molecule has 0 aliphatic heterocycles. The first-order valence-corrected chi connectivity index (χ1v) is 12.1. The van der Waals surface area contributed by atoms with Gasteiger partial charge in [0.1, 0.15) is 6.33 Å². The third kappa shape index (κ3) is 5.25. The Morgan fingerprint density at radius 2 is 2.09 bits per heavy atom. The monoisotopic (exact) mass is 503 g/mol. The van der Waals surface area contributed by atoms with Crippen molar-refractivity contribution in [2.75, 3.05) is 0 Å². The lowest BCUT2D eigenvalue weighted by molar-refractivity contribution is -0.192. The van der Waals surface area contributed by atoms with E-state index in [0.717, 1.165) is 11.8 Å². The molecule has 0 saturated heterocycles. The summed E-state index contributed by atoms with van der Waals surface area (Å²) in [6, 6.07) is 4.31. The molecule has 0 bridgehead atoms. The van der Waals surface area contributed by atoms with Crippen molar-refractivity contribution in [3.63, 3.8) is 0 Å². The van der Waals surface area contributed by atoms with Gasteiger partial charge in [-0.3, -0.25) is 4.79 Å². The van der Waals surface area contributed by atoms with Crippen molar-refractivity contribution in [1.29, 1.82) is 0 Å². The molecule has 3 rings (SSSR count). The number of carbonyl (C=O) groups is 1. The summed E-state index contributed by atoms with van der Waals surface area (Å²) >= 11 is 6.96. The third-order valence-electron chi connectivity index (χ3n) is 6.79. The number of alkyl halides is 3. The minimum absolute atomic E-state index is 0.0804. The Bertz CT molecular complexity index is 1010. The van der Waals surface area contributed by atoms with Crippen molar-refractivity contribution in [3.05, 3.63) is 40.7 Å². The second kappa shape index (κ2) is 9.58. The molecule has 33 heavy (non-hydrogen) atoms. The minimum atomic E-state index is -4.57. The molecule has 1 aromatic carbocycles. The summed E-state index contributed by atoms with van der Waals surface area (Å²) in [7, 11) is 0. The van der Waals surface area contributed by atoms with E-state index in [-0.39, 0.29) is 28.8 Å². The van der Waals surface area contributed by atoms with E-state index in [4.69, 9.17) is 11.6 Å². The van der Waals surface area contributed by atoms with Crippen LogP contribution < -0.4 is 0 Å². The highest BCUT2D eigenvalue weighted by Gasteiger charge is 2.62. The second-order valence-electron chi connectivity index (χ2n) is 9.41. The molecule has 182 valence electrons. The van der Waals surface area contributed by atoms with Gasteiger partial charge in [0, 0.05) is 17.4 Å². The van der Waals surface area contributed by atoms with Gasteiger partial charge in [0.15, 0.2) is 10.3 Å². The Kier molecular flexibility index (Phi) is 7.56. The highest BCUT2D eigenvalue weighted by molar-refractivity contribution is 8.13. The SMILES string of the molecule is CCCC(=O)Sc1ncnn1CC1(O)C(C(c2ccc(Cl)c(C)c2)C(F)(F)F)CCC1(C)C. The van der Waals surface area contributed by atoms with E-state index < -0.39 is 29.0 Å². The average molecular weight is 504 g/mol. The molecule has 1 aliphatic carbocycles. The number of aryl methyl sites for hydroxylation is 1. The molecule has 3 unspecified atom stereocenters. The maximum absolute atomic E-state index is 14.5. The van der Waals surface area contributed by atoms with Crippen LogP contribution in [0.4, 0.5) is 13.2 Å². The summed E-state index contributed by atoms with van der Waals surface area (Å²) < 4.78 is 44.8. The number of nitrogens with zero attached hydrogens (tertiary/aromatic N) is 3. The van der Waals surface area contributed by atoms with Gasteiger partial charge in [0.25, 0.3) is 0 Å². The molecule has 0 spiro atoms. The normalized spacial score (nSPS) is 23.6. The molecule has 3 atom stereocenters. The van der Waals surface area contributed by atoms with Gasteiger partial charge in [-0.05, 0) is 60.6 Å². The first-order valence-electron chi connectivity index (χ1n) is 10.9. The number of aromatic nitrogens is 3. The van der Waals surface area contributed by atoms with Crippen molar-refractivity contribution in [2.45, 2.75) is 82.8 Å². The molecule has 1 saturated carbocycles. The van der Waals surface area contributed by atoms with Gasteiger partial charge in [-0.25, -0.2) is 9.67 Å². The molecule has 2 aromatic rings. The first-order chi connectivity index (χ1) is 15.3. The third-order valence-corrected chi connectivity index (χ3v) is 8.15. The van der Waals surface area contributed by atoms with Crippen LogP contribution in [0.25, 0.3) is 0 Å². The standard InChI is InChI=1S/C23H29ClF3N3O2S/c1-5-6-18(31)33-20-28-13-29-30(20)12-22(32)16(9-10-21(22,3)4)19(23(25,26)27)15-7-8-17(24)14(2)11-15/h7-8,11,13,16,19,32H,5-6,9-10,12H2,1-4H3. The zero-order chi connectivity index (χ0) is 24.6. The predicted molar refractivity (Wildman–Crippen MR) is 122 cm³/mol. The van der Waals surface area contributed by atoms with Gasteiger partial charge in [-0.2, -0.15) is 18.3 Å². The van der Waals surface area contributed by atoms with Gasteiger partial charge in [0.05, 0.1) is 18.1 Å². The maximum Gasteiger partial charge on any atom is 0.396 e. The smallest absolute Gasteiger partial charge is 0.387 e. The van der Waals surface area contributed by atoms with E-state index in [0.29, 0.717) is 29.8 Å². The second-order valence-corrected chi connectivity index (χ2v) is 10.8.